The maximum absolute atomic E-state index is 12.3. The zero-order valence-corrected chi connectivity index (χ0v) is 13.3. The maximum Gasteiger partial charge on any atom is 0.255 e. The van der Waals surface area contributed by atoms with E-state index in [1.165, 1.54) is 0 Å². The predicted octanol–water partition coefficient (Wildman–Crippen LogP) is 4.47. The smallest absolute Gasteiger partial charge is 0.255 e. The Morgan fingerprint density at radius 3 is 2.59 bits per heavy atom. The molecule has 0 unspecified atom stereocenters. The Hall–Kier alpha value is -0.350. The minimum absolute atomic E-state index is 0.0918. The average Bonchev–Trinajstić information content (AvgIpc) is 2.33. The summed E-state index contributed by atoms with van der Waals surface area (Å²) < 4.78 is 1.77. The van der Waals surface area contributed by atoms with Crippen molar-refractivity contribution in [2.75, 3.05) is 13.1 Å². The molecule has 1 rings (SSSR count). The fraction of sp³-hybridized carbons (Fsp3) is 0.462. The molecule has 0 saturated heterocycles. The highest BCUT2D eigenvalue weighted by Gasteiger charge is 2.16. The largest absolute Gasteiger partial charge is 0.339 e. The number of carbonyl (C=O) groups excluding carboxylic acids is 1. The number of nitrogens with zero attached hydrogens (tertiary/aromatic N) is 1. The van der Waals surface area contributed by atoms with Crippen molar-refractivity contribution in [1.29, 1.82) is 0 Å². The summed E-state index contributed by atoms with van der Waals surface area (Å²) in [6.07, 6.45) is 2.15. The second kappa shape index (κ2) is 7.17. The monoisotopic (exact) mass is 361 g/mol. The van der Waals surface area contributed by atoms with Crippen LogP contribution >= 0.6 is 31.9 Å². The third kappa shape index (κ3) is 4.11. The van der Waals surface area contributed by atoms with Crippen LogP contribution in [-0.2, 0) is 0 Å². The van der Waals surface area contributed by atoms with E-state index in [-0.39, 0.29) is 5.91 Å². The molecule has 0 spiro atoms. The van der Waals surface area contributed by atoms with E-state index in [9.17, 15) is 4.79 Å². The van der Waals surface area contributed by atoms with Crippen molar-refractivity contribution in [2.24, 2.45) is 0 Å². The van der Waals surface area contributed by atoms with Crippen LogP contribution in [0.15, 0.2) is 27.1 Å². The molecule has 0 aliphatic rings. The lowest BCUT2D eigenvalue weighted by molar-refractivity contribution is 0.0761. The lowest BCUT2D eigenvalue weighted by Gasteiger charge is -2.21. The van der Waals surface area contributed by atoms with Gasteiger partial charge in [-0.2, -0.15) is 0 Å². The Morgan fingerprint density at radius 1 is 1.29 bits per heavy atom. The minimum atomic E-state index is 0.0918. The SMILES string of the molecule is CCCCN(CC)C(=O)c1cc(Br)ccc1Br. The first kappa shape index (κ1) is 14.7. The maximum atomic E-state index is 12.3. The van der Waals surface area contributed by atoms with E-state index >= 15 is 0 Å². The Morgan fingerprint density at radius 2 is 2.00 bits per heavy atom. The second-order valence-electron chi connectivity index (χ2n) is 3.86. The molecule has 0 aliphatic heterocycles. The Kier molecular flexibility index (Phi) is 6.20. The lowest BCUT2D eigenvalue weighted by atomic mass is 10.2. The summed E-state index contributed by atoms with van der Waals surface area (Å²) in [6.45, 7) is 5.72. The molecule has 1 aromatic carbocycles. The van der Waals surface area contributed by atoms with Gasteiger partial charge in [0, 0.05) is 22.0 Å². The standard InChI is InChI=1S/C13H17Br2NO/c1-3-5-8-16(4-2)13(17)11-9-10(14)6-7-12(11)15/h6-7,9H,3-5,8H2,1-2H3. The van der Waals surface area contributed by atoms with Crippen LogP contribution < -0.4 is 0 Å². The van der Waals surface area contributed by atoms with E-state index in [2.05, 4.69) is 38.8 Å². The highest BCUT2D eigenvalue weighted by molar-refractivity contribution is 9.11. The van der Waals surface area contributed by atoms with E-state index in [1.54, 1.807) is 0 Å². The molecule has 2 nitrogen and oxygen atoms in total. The van der Waals surface area contributed by atoms with Gasteiger partial charge in [0.1, 0.15) is 0 Å². The first-order valence-electron chi connectivity index (χ1n) is 5.84. The summed E-state index contributed by atoms with van der Waals surface area (Å²) in [5.74, 6) is 0.0918. The highest BCUT2D eigenvalue weighted by Crippen LogP contribution is 2.23. The summed E-state index contributed by atoms with van der Waals surface area (Å²) in [5, 5.41) is 0. The fourth-order valence-electron chi connectivity index (χ4n) is 1.58. The fourth-order valence-corrected chi connectivity index (χ4v) is 2.36. The lowest BCUT2D eigenvalue weighted by Crippen LogP contribution is -2.32. The van der Waals surface area contributed by atoms with Gasteiger partial charge in [0.25, 0.3) is 5.91 Å². The van der Waals surface area contributed by atoms with Gasteiger partial charge < -0.3 is 4.90 Å². The van der Waals surface area contributed by atoms with E-state index in [0.717, 1.165) is 40.4 Å². The zero-order valence-electron chi connectivity index (χ0n) is 10.2. The molecule has 0 atom stereocenters. The van der Waals surface area contributed by atoms with E-state index in [1.807, 2.05) is 30.0 Å². The molecular weight excluding hydrogens is 346 g/mol. The van der Waals surface area contributed by atoms with Gasteiger partial charge in [0.15, 0.2) is 0 Å². The molecule has 94 valence electrons. The normalized spacial score (nSPS) is 10.4. The Bertz CT molecular complexity index is 393. The van der Waals surface area contributed by atoms with E-state index in [4.69, 9.17) is 0 Å². The third-order valence-corrected chi connectivity index (χ3v) is 3.79. The van der Waals surface area contributed by atoms with Gasteiger partial charge >= 0.3 is 0 Å². The van der Waals surface area contributed by atoms with Crippen LogP contribution in [0.1, 0.15) is 37.0 Å². The summed E-state index contributed by atoms with van der Waals surface area (Å²) >= 11 is 6.83. The number of hydrogen-bond donors (Lipinski definition) is 0. The number of rotatable bonds is 5. The van der Waals surface area contributed by atoms with Gasteiger partial charge in [-0.05, 0) is 47.5 Å². The van der Waals surface area contributed by atoms with Crippen molar-refractivity contribution in [3.63, 3.8) is 0 Å². The molecule has 17 heavy (non-hydrogen) atoms. The van der Waals surface area contributed by atoms with Gasteiger partial charge in [0.05, 0.1) is 5.56 Å². The van der Waals surface area contributed by atoms with E-state index in [0.29, 0.717) is 0 Å². The molecule has 0 radical (unpaired) electrons. The molecule has 0 saturated carbocycles. The molecule has 0 N–H and O–H groups in total. The number of carbonyl (C=O) groups is 1. The number of unbranched alkanes of at least 4 members (excludes halogenated alkanes) is 1. The molecule has 0 heterocycles. The first-order chi connectivity index (χ1) is 8.10. The van der Waals surface area contributed by atoms with Gasteiger partial charge in [0.2, 0.25) is 0 Å². The van der Waals surface area contributed by atoms with Crippen molar-refractivity contribution in [1.82, 2.24) is 4.90 Å². The number of halogens is 2. The highest BCUT2D eigenvalue weighted by atomic mass is 79.9. The quantitative estimate of drug-likeness (QED) is 0.756. The molecule has 0 aliphatic carbocycles. The predicted molar refractivity (Wildman–Crippen MR) is 78.3 cm³/mol. The van der Waals surface area contributed by atoms with Gasteiger partial charge in [-0.3, -0.25) is 4.79 Å². The minimum Gasteiger partial charge on any atom is -0.339 e. The van der Waals surface area contributed by atoms with E-state index < -0.39 is 0 Å². The summed E-state index contributed by atoms with van der Waals surface area (Å²) in [4.78, 5) is 14.2. The molecule has 1 amide bonds. The van der Waals surface area contributed by atoms with Crippen molar-refractivity contribution in [2.45, 2.75) is 26.7 Å². The van der Waals surface area contributed by atoms with Gasteiger partial charge in [-0.1, -0.05) is 29.3 Å². The van der Waals surface area contributed by atoms with Crippen molar-refractivity contribution >= 4 is 37.8 Å². The second-order valence-corrected chi connectivity index (χ2v) is 5.63. The van der Waals surface area contributed by atoms with Crippen LogP contribution in [0.4, 0.5) is 0 Å². The molecule has 4 heteroatoms. The van der Waals surface area contributed by atoms with Gasteiger partial charge in [-0.15, -0.1) is 0 Å². The van der Waals surface area contributed by atoms with Gasteiger partial charge in [-0.25, -0.2) is 0 Å². The Balaban J connectivity index is 2.89. The average molecular weight is 363 g/mol. The van der Waals surface area contributed by atoms with Crippen molar-refractivity contribution in [3.05, 3.63) is 32.7 Å². The number of hydrogen-bond acceptors (Lipinski definition) is 1. The van der Waals surface area contributed by atoms with Crippen LogP contribution in [0.25, 0.3) is 0 Å². The first-order valence-corrected chi connectivity index (χ1v) is 7.43. The summed E-state index contributed by atoms with van der Waals surface area (Å²) in [6, 6.07) is 5.68. The summed E-state index contributed by atoms with van der Waals surface area (Å²) in [5.41, 5.74) is 0.720. The molecule has 0 fully saturated rings. The number of amides is 1. The van der Waals surface area contributed by atoms with Crippen LogP contribution in [-0.4, -0.2) is 23.9 Å². The molecule has 1 aromatic rings. The number of benzene rings is 1. The van der Waals surface area contributed by atoms with Crippen LogP contribution in [0.5, 0.6) is 0 Å². The van der Waals surface area contributed by atoms with Crippen LogP contribution in [0, 0.1) is 0 Å². The third-order valence-electron chi connectivity index (χ3n) is 2.61. The zero-order chi connectivity index (χ0) is 12.8. The topological polar surface area (TPSA) is 20.3 Å². The van der Waals surface area contributed by atoms with Crippen molar-refractivity contribution < 1.29 is 4.79 Å². The van der Waals surface area contributed by atoms with Crippen LogP contribution in [0.2, 0.25) is 0 Å². The molecule has 0 aromatic heterocycles. The molecular formula is C13H17Br2NO. The van der Waals surface area contributed by atoms with Crippen LogP contribution in [0.3, 0.4) is 0 Å². The molecule has 0 bridgehead atoms. The summed E-state index contributed by atoms with van der Waals surface area (Å²) in [7, 11) is 0. The Labute approximate surface area is 120 Å². The van der Waals surface area contributed by atoms with Crippen molar-refractivity contribution in [3.8, 4) is 0 Å².